The Morgan fingerprint density at radius 2 is 0.900 bits per heavy atom. The number of hydrogen-bond donors (Lipinski definition) is 0. The molecule has 0 saturated heterocycles. The summed E-state index contributed by atoms with van der Waals surface area (Å²) in [4.78, 5) is 37.0. The number of esters is 2. The maximum absolute atomic E-state index is 12.8. The molecule has 348 valence electrons. The maximum Gasteiger partial charge on any atom is 0.306 e. The molecule has 0 N–H and O–H groups in total. The zero-order valence-corrected chi connectivity index (χ0v) is 39.6. The van der Waals surface area contributed by atoms with Gasteiger partial charge in [-0.05, 0) is 64.2 Å². The lowest BCUT2D eigenvalue weighted by Crippen LogP contribution is -2.55. The van der Waals surface area contributed by atoms with E-state index in [2.05, 4.69) is 62.5 Å². The highest BCUT2D eigenvalue weighted by Gasteiger charge is 2.25. The van der Waals surface area contributed by atoms with Crippen LogP contribution in [-0.2, 0) is 28.6 Å². The van der Waals surface area contributed by atoms with E-state index in [0.717, 1.165) is 77.0 Å². The van der Waals surface area contributed by atoms with Gasteiger partial charge < -0.3 is 28.6 Å². The highest BCUT2D eigenvalue weighted by atomic mass is 16.6. The van der Waals surface area contributed by atoms with Crippen molar-refractivity contribution in [3.8, 4) is 0 Å². The monoisotopic (exact) mass is 844 g/mol. The van der Waals surface area contributed by atoms with Crippen molar-refractivity contribution >= 4 is 17.9 Å². The van der Waals surface area contributed by atoms with Crippen LogP contribution in [0.4, 0.5) is 0 Å². The number of ether oxygens (including phenoxy) is 3. The van der Waals surface area contributed by atoms with Crippen molar-refractivity contribution in [3.05, 3.63) is 48.6 Å². The molecule has 0 amide bonds. The average molecular weight is 844 g/mol. The van der Waals surface area contributed by atoms with Gasteiger partial charge in [-0.15, -0.1) is 0 Å². The molecule has 8 nitrogen and oxygen atoms in total. The molecule has 2 atom stereocenters. The van der Waals surface area contributed by atoms with Crippen molar-refractivity contribution in [2.24, 2.45) is 0 Å². The minimum absolute atomic E-state index is 0.0295. The molecular formula is C52H93NO7. The van der Waals surface area contributed by atoms with Gasteiger partial charge in [0.2, 0.25) is 0 Å². The van der Waals surface area contributed by atoms with Crippen LogP contribution in [0.25, 0.3) is 0 Å². The molecule has 0 radical (unpaired) electrons. The van der Waals surface area contributed by atoms with E-state index in [4.69, 9.17) is 14.2 Å². The van der Waals surface area contributed by atoms with E-state index in [-0.39, 0.29) is 42.7 Å². The molecule has 8 heteroatoms. The van der Waals surface area contributed by atoms with Crippen LogP contribution in [0.2, 0.25) is 0 Å². The Hall–Kier alpha value is -2.71. The summed E-state index contributed by atoms with van der Waals surface area (Å²) < 4.78 is 17.2. The van der Waals surface area contributed by atoms with E-state index in [0.29, 0.717) is 12.8 Å². The summed E-state index contributed by atoms with van der Waals surface area (Å²) >= 11 is 0. The first-order chi connectivity index (χ1) is 29.1. The Kier molecular flexibility index (Phi) is 41.0. The Bertz CT molecular complexity index is 1120. The topological polar surface area (TPSA) is 102 Å². The third-order valence-corrected chi connectivity index (χ3v) is 11.0. The number of hydrogen-bond acceptors (Lipinski definition) is 7. The Balaban J connectivity index is 4.34. The van der Waals surface area contributed by atoms with Crippen LogP contribution in [0.3, 0.4) is 0 Å². The highest BCUT2D eigenvalue weighted by Crippen LogP contribution is 2.14. The van der Waals surface area contributed by atoms with E-state index in [9.17, 15) is 19.5 Å². The second-order valence-electron chi connectivity index (χ2n) is 17.8. The first kappa shape index (κ1) is 57.3. The quantitative estimate of drug-likeness (QED) is 0.0198. The van der Waals surface area contributed by atoms with Crippen LogP contribution in [0, 0.1) is 0 Å². The number of rotatable bonds is 44. The second kappa shape index (κ2) is 43.0. The average Bonchev–Trinajstić information content (AvgIpc) is 3.21. The highest BCUT2D eigenvalue weighted by molar-refractivity contribution is 5.70. The summed E-state index contributed by atoms with van der Waals surface area (Å²) in [5.74, 6) is -1.77. The number of aliphatic carboxylic acids is 1. The predicted octanol–water partition coefficient (Wildman–Crippen LogP) is 12.6. The molecule has 0 rings (SSSR count). The van der Waals surface area contributed by atoms with E-state index in [1.165, 1.54) is 103 Å². The first-order valence-electron chi connectivity index (χ1n) is 24.7. The number of quaternary nitrogens is 1. The zero-order valence-electron chi connectivity index (χ0n) is 39.6. The van der Waals surface area contributed by atoms with Crippen molar-refractivity contribution in [1.82, 2.24) is 0 Å². The molecule has 0 aliphatic heterocycles. The van der Waals surface area contributed by atoms with Gasteiger partial charge in [-0.25, -0.2) is 0 Å². The number of nitrogens with zero attached hydrogens (tertiary/aromatic N) is 1. The van der Waals surface area contributed by atoms with Gasteiger partial charge in [-0.3, -0.25) is 9.59 Å². The Labute approximate surface area is 369 Å². The van der Waals surface area contributed by atoms with Gasteiger partial charge in [0, 0.05) is 19.3 Å². The van der Waals surface area contributed by atoms with Crippen molar-refractivity contribution in [1.29, 1.82) is 0 Å². The van der Waals surface area contributed by atoms with Crippen molar-refractivity contribution in [2.45, 2.75) is 225 Å². The lowest BCUT2D eigenvalue weighted by atomic mass is 10.1. The molecule has 2 unspecified atom stereocenters. The molecule has 0 aliphatic carbocycles. The summed E-state index contributed by atoms with van der Waals surface area (Å²) in [5, 5.41) is 11.6. The normalized spacial score (nSPS) is 13.3. The number of likely N-dealkylation sites (N-methyl/N-ethyl adjacent to an activating group) is 1. The molecule has 0 aliphatic rings. The fourth-order valence-electron chi connectivity index (χ4n) is 7.13. The van der Waals surface area contributed by atoms with E-state index < -0.39 is 18.1 Å². The van der Waals surface area contributed by atoms with E-state index in [1.807, 2.05) is 0 Å². The fraction of sp³-hybridized carbons (Fsp3) is 0.788. The lowest BCUT2D eigenvalue weighted by molar-refractivity contribution is -0.889. The molecule has 0 heterocycles. The number of carbonyl (C=O) groups is 3. The summed E-state index contributed by atoms with van der Waals surface area (Å²) in [6, 6.07) is -0.732. The van der Waals surface area contributed by atoms with Crippen molar-refractivity contribution in [2.75, 3.05) is 41.0 Å². The van der Waals surface area contributed by atoms with Gasteiger partial charge in [0.1, 0.15) is 12.6 Å². The smallest absolute Gasteiger partial charge is 0.306 e. The predicted molar refractivity (Wildman–Crippen MR) is 250 cm³/mol. The lowest BCUT2D eigenvalue weighted by Gasteiger charge is -2.34. The van der Waals surface area contributed by atoms with Gasteiger partial charge in [-0.2, -0.15) is 0 Å². The number of carboxylic acids is 1. The molecule has 0 spiro atoms. The standard InChI is InChI=1S/C52H93NO7/c1-6-8-10-12-14-16-18-20-22-24-26-28-30-32-34-36-38-40-42-50(54)59-47-48(46-58-45-44-49(52(56)57)53(3,4)5)60-51(55)43-41-39-37-35-33-31-29-27-25-23-21-19-17-15-13-11-9-7-2/h19,21,23,25-29,48-49H,6-18,20,22,24,30-47H2,1-5H3/b21-19+,25-23+,28-26+,29-27+. The molecule has 0 aromatic carbocycles. The van der Waals surface area contributed by atoms with Crippen molar-refractivity contribution in [3.63, 3.8) is 0 Å². The van der Waals surface area contributed by atoms with Gasteiger partial charge in [-0.1, -0.05) is 178 Å². The summed E-state index contributed by atoms with van der Waals surface area (Å²) in [5.41, 5.74) is 0. The van der Waals surface area contributed by atoms with Crippen LogP contribution < -0.4 is 5.11 Å². The van der Waals surface area contributed by atoms with E-state index >= 15 is 0 Å². The second-order valence-corrected chi connectivity index (χ2v) is 17.8. The molecule has 0 aromatic heterocycles. The van der Waals surface area contributed by atoms with Gasteiger partial charge in [0.15, 0.2) is 6.10 Å². The molecule has 0 bridgehead atoms. The summed E-state index contributed by atoms with van der Waals surface area (Å²) in [6.45, 7) is 4.63. The number of carbonyl (C=O) groups excluding carboxylic acids is 3. The van der Waals surface area contributed by atoms with Crippen LogP contribution in [0.15, 0.2) is 48.6 Å². The van der Waals surface area contributed by atoms with Crippen LogP contribution in [-0.4, -0.2) is 75.5 Å². The molecule has 0 aromatic rings. The Morgan fingerprint density at radius 3 is 1.33 bits per heavy atom. The van der Waals surface area contributed by atoms with Gasteiger partial charge in [0.05, 0.1) is 40.3 Å². The largest absolute Gasteiger partial charge is 0.544 e. The molecule has 60 heavy (non-hydrogen) atoms. The Morgan fingerprint density at radius 1 is 0.500 bits per heavy atom. The number of carboxylic acid groups (broad SMARTS) is 1. The van der Waals surface area contributed by atoms with Gasteiger partial charge in [0.25, 0.3) is 0 Å². The SMILES string of the molecule is CCCCCCC/C=C/C=C/C=C/CCCCCCCC(=O)OC(COCCC(C(=O)[O-])[N+](C)(C)C)COC(=O)CCCCCCC/C=C/CCCCCCCCCCC. The van der Waals surface area contributed by atoms with Crippen LogP contribution in [0.1, 0.15) is 213 Å². The minimum atomic E-state index is -1.13. The molecule has 0 saturated carbocycles. The number of allylic oxidation sites excluding steroid dienone is 8. The van der Waals surface area contributed by atoms with Crippen LogP contribution >= 0.6 is 0 Å². The van der Waals surface area contributed by atoms with Crippen LogP contribution in [0.5, 0.6) is 0 Å². The first-order valence-corrected chi connectivity index (χ1v) is 24.7. The third kappa shape index (κ3) is 40.7. The summed E-state index contributed by atoms with van der Waals surface area (Å²) in [7, 11) is 5.40. The van der Waals surface area contributed by atoms with Gasteiger partial charge >= 0.3 is 11.9 Å². The minimum Gasteiger partial charge on any atom is -0.544 e. The fourth-order valence-corrected chi connectivity index (χ4v) is 7.13. The molecular weight excluding hydrogens is 751 g/mol. The third-order valence-electron chi connectivity index (χ3n) is 11.0. The zero-order chi connectivity index (χ0) is 44.2. The van der Waals surface area contributed by atoms with Crippen molar-refractivity contribution < 1.29 is 38.2 Å². The molecule has 0 fully saturated rings. The number of unbranched alkanes of at least 4 members (excludes halogenated alkanes) is 24. The summed E-state index contributed by atoms with van der Waals surface area (Å²) in [6.07, 6.45) is 51.3. The maximum atomic E-state index is 12.8. The van der Waals surface area contributed by atoms with E-state index in [1.54, 1.807) is 21.1 Å².